The summed E-state index contributed by atoms with van der Waals surface area (Å²) >= 11 is 0. The van der Waals surface area contributed by atoms with Gasteiger partial charge in [0.15, 0.2) is 11.5 Å². The van der Waals surface area contributed by atoms with Crippen LogP contribution in [0.1, 0.15) is 25.3 Å². The zero-order valence-electron chi connectivity index (χ0n) is 12.1. The zero-order valence-corrected chi connectivity index (χ0v) is 12.1. The minimum absolute atomic E-state index is 0.0479. The fraction of sp³-hybridized carbons (Fsp3) is 0.533. The normalized spacial score (nSPS) is 16.9. The van der Waals surface area contributed by atoms with Crippen molar-refractivity contribution in [3.8, 4) is 11.5 Å². The van der Waals surface area contributed by atoms with E-state index in [1.165, 1.54) is 0 Å². The quantitative estimate of drug-likeness (QED) is 0.876. The Labute approximate surface area is 119 Å². The van der Waals surface area contributed by atoms with Gasteiger partial charge in [0.25, 0.3) is 0 Å². The maximum atomic E-state index is 11.0. The van der Waals surface area contributed by atoms with E-state index in [1.54, 1.807) is 20.1 Å². The first-order chi connectivity index (χ1) is 9.58. The highest BCUT2D eigenvalue weighted by Crippen LogP contribution is 2.27. The van der Waals surface area contributed by atoms with E-state index in [1.807, 2.05) is 12.1 Å². The molecule has 0 aromatic heterocycles. The number of hydrogen-bond acceptors (Lipinski definition) is 4. The van der Waals surface area contributed by atoms with Crippen LogP contribution in [0.3, 0.4) is 0 Å². The number of methoxy groups -OCH3 is 1. The molecule has 1 heterocycles. The number of phenolic OH excluding ortho intramolecular Hbond substituents is 1. The first-order valence-corrected chi connectivity index (χ1v) is 6.94. The summed E-state index contributed by atoms with van der Waals surface area (Å²) in [7, 11) is 1.55. The molecule has 1 aliphatic rings. The summed E-state index contributed by atoms with van der Waals surface area (Å²) in [5.41, 5.74) is 1.12. The molecule has 0 spiro atoms. The largest absolute Gasteiger partial charge is 0.504 e. The molecular formula is C15H22N2O3. The van der Waals surface area contributed by atoms with E-state index in [4.69, 9.17) is 4.74 Å². The van der Waals surface area contributed by atoms with Crippen molar-refractivity contribution < 1.29 is 14.6 Å². The van der Waals surface area contributed by atoms with Crippen molar-refractivity contribution in [3.63, 3.8) is 0 Å². The van der Waals surface area contributed by atoms with Crippen molar-refractivity contribution in [3.05, 3.63) is 23.8 Å². The summed E-state index contributed by atoms with van der Waals surface area (Å²) in [4.78, 5) is 13.4. The molecule has 0 aliphatic carbocycles. The number of rotatable bonds is 4. The van der Waals surface area contributed by atoms with Crippen molar-refractivity contribution in [1.29, 1.82) is 0 Å². The average molecular weight is 278 g/mol. The summed E-state index contributed by atoms with van der Waals surface area (Å²) in [5.74, 6) is 0.725. The molecule has 5 heteroatoms. The van der Waals surface area contributed by atoms with Crippen molar-refractivity contribution in [1.82, 2.24) is 10.2 Å². The van der Waals surface area contributed by atoms with Crippen LogP contribution < -0.4 is 10.1 Å². The average Bonchev–Trinajstić information content (AvgIpc) is 2.42. The molecule has 2 rings (SSSR count). The Morgan fingerprint density at radius 3 is 2.75 bits per heavy atom. The van der Waals surface area contributed by atoms with E-state index < -0.39 is 0 Å². The summed E-state index contributed by atoms with van der Waals surface area (Å²) in [6.45, 7) is 4.33. The van der Waals surface area contributed by atoms with E-state index in [0.717, 1.165) is 38.0 Å². The highest BCUT2D eigenvalue weighted by molar-refractivity contribution is 5.73. The SMILES string of the molecule is COc1cc(CN2CCC(NC(C)=O)CC2)ccc1O. The van der Waals surface area contributed by atoms with E-state index >= 15 is 0 Å². The maximum absolute atomic E-state index is 11.0. The predicted molar refractivity (Wildman–Crippen MR) is 76.8 cm³/mol. The van der Waals surface area contributed by atoms with Gasteiger partial charge in [-0.05, 0) is 30.5 Å². The third-order valence-electron chi connectivity index (χ3n) is 3.65. The Bertz CT molecular complexity index is 468. The number of likely N-dealkylation sites (tertiary alicyclic amines) is 1. The molecular weight excluding hydrogens is 256 g/mol. The third-order valence-corrected chi connectivity index (χ3v) is 3.65. The topological polar surface area (TPSA) is 61.8 Å². The molecule has 1 aromatic carbocycles. The standard InChI is InChI=1S/C15H22N2O3/c1-11(18)16-13-5-7-17(8-6-13)10-12-3-4-14(19)15(9-12)20-2/h3-4,9,13,19H,5-8,10H2,1-2H3,(H,16,18). The molecule has 0 unspecified atom stereocenters. The van der Waals surface area contributed by atoms with Crippen LogP contribution in [0, 0.1) is 0 Å². The van der Waals surface area contributed by atoms with Gasteiger partial charge in [-0.1, -0.05) is 6.07 Å². The molecule has 0 radical (unpaired) electrons. The molecule has 0 bridgehead atoms. The van der Waals surface area contributed by atoms with Gasteiger partial charge in [-0.3, -0.25) is 9.69 Å². The molecule has 110 valence electrons. The van der Waals surface area contributed by atoms with Gasteiger partial charge in [0.1, 0.15) is 0 Å². The van der Waals surface area contributed by atoms with E-state index in [-0.39, 0.29) is 11.7 Å². The third kappa shape index (κ3) is 3.87. The molecule has 0 atom stereocenters. The number of piperidine rings is 1. The predicted octanol–water partition coefficient (Wildman–Crippen LogP) is 1.50. The van der Waals surface area contributed by atoms with Crippen LogP contribution in [0.4, 0.5) is 0 Å². The highest BCUT2D eigenvalue weighted by Gasteiger charge is 2.19. The summed E-state index contributed by atoms with van der Waals surface area (Å²) < 4.78 is 5.12. The number of carbonyl (C=O) groups is 1. The summed E-state index contributed by atoms with van der Waals surface area (Å²) in [5, 5.41) is 12.6. The smallest absolute Gasteiger partial charge is 0.217 e. The van der Waals surface area contributed by atoms with Crippen molar-refractivity contribution in [2.24, 2.45) is 0 Å². The molecule has 1 aliphatic heterocycles. The van der Waals surface area contributed by atoms with Crippen molar-refractivity contribution >= 4 is 5.91 Å². The molecule has 1 saturated heterocycles. The lowest BCUT2D eigenvalue weighted by molar-refractivity contribution is -0.119. The Balaban J connectivity index is 1.88. The lowest BCUT2D eigenvalue weighted by Gasteiger charge is -2.32. The monoisotopic (exact) mass is 278 g/mol. The van der Waals surface area contributed by atoms with Crippen molar-refractivity contribution in [2.75, 3.05) is 20.2 Å². The number of ether oxygens (including phenoxy) is 1. The Morgan fingerprint density at radius 1 is 1.45 bits per heavy atom. The van der Waals surface area contributed by atoms with Gasteiger partial charge in [0, 0.05) is 32.6 Å². The minimum atomic E-state index is 0.0479. The number of carbonyl (C=O) groups excluding carboxylic acids is 1. The molecule has 1 fully saturated rings. The number of nitrogens with zero attached hydrogens (tertiary/aromatic N) is 1. The number of nitrogens with one attached hydrogen (secondary N) is 1. The van der Waals surface area contributed by atoms with Gasteiger partial charge in [-0.2, -0.15) is 0 Å². The van der Waals surface area contributed by atoms with E-state index in [2.05, 4.69) is 10.2 Å². The molecule has 1 amide bonds. The van der Waals surface area contributed by atoms with Gasteiger partial charge < -0.3 is 15.2 Å². The Morgan fingerprint density at radius 2 is 2.15 bits per heavy atom. The van der Waals surface area contributed by atoms with Crippen LogP contribution in [0.15, 0.2) is 18.2 Å². The first kappa shape index (κ1) is 14.7. The summed E-state index contributed by atoms with van der Waals surface area (Å²) in [6.07, 6.45) is 1.96. The van der Waals surface area contributed by atoms with Crippen LogP contribution in [0.2, 0.25) is 0 Å². The number of aromatic hydroxyl groups is 1. The minimum Gasteiger partial charge on any atom is -0.504 e. The molecule has 2 N–H and O–H groups in total. The Hall–Kier alpha value is -1.75. The number of hydrogen-bond donors (Lipinski definition) is 2. The molecule has 0 saturated carbocycles. The van der Waals surface area contributed by atoms with Gasteiger partial charge in [-0.25, -0.2) is 0 Å². The van der Waals surface area contributed by atoms with Crippen LogP contribution in [0.25, 0.3) is 0 Å². The van der Waals surface area contributed by atoms with Gasteiger partial charge in [0.05, 0.1) is 7.11 Å². The lowest BCUT2D eigenvalue weighted by atomic mass is 10.0. The van der Waals surface area contributed by atoms with Crippen molar-refractivity contribution in [2.45, 2.75) is 32.4 Å². The molecule has 20 heavy (non-hydrogen) atoms. The Kier molecular flexibility index (Phi) is 4.84. The van der Waals surface area contributed by atoms with E-state index in [0.29, 0.717) is 11.8 Å². The van der Waals surface area contributed by atoms with Gasteiger partial charge in [0.2, 0.25) is 5.91 Å². The first-order valence-electron chi connectivity index (χ1n) is 6.94. The number of benzene rings is 1. The zero-order chi connectivity index (χ0) is 14.5. The lowest BCUT2D eigenvalue weighted by Crippen LogP contribution is -2.43. The van der Waals surface area contributed by atoms with Gasteiger partial charge in [-0.15, -0.1) is 0 Å². The van der Waals surface area contributed by atoms with Gasteiger partial charge >= 0.3 is 0 Å². The second kappa shape index (κ2) is 6.61. The second-order valence-corrected chi connectivity index (χ2v) is 5.26. The second-order valence-electron chi connectivity index (χ2n) is 5.26. The summed E-state index contributed by atoms with van der Waals surface area (Å²) in [6, 6.07) is 5.75. The maximum Gasteiger partial charge on any atom is 0.217 e. The molecule has 1 aromatic rings. The number of amides is 1. The van der Waals surface area contributed by atoms with Crippen LogP contribution in [-0.4, -0.2) is 42.2 Å². The fourth-order valence-corrected chi connectivity index (χ4v) is 2.60. The van der Waals surface area contributed by atoms with Crippen LogP contribution in [-0.2, 0) is 11.3 Å². The number of phenols is 1. The highest BCUT2D eigenvalue weighted by atomic mass is 16.5. The fourth-order valence-electron chi connectivity index (χ4n) is 2.60. The molecule has 5 nitrogen and oxygen atoms in total. The van der Waals surface area contributed by atoms with Crippen LogP contribution in [0.5, 0.6) is 11.5 Å². The van der Waals surface area contributed by atoms with E-state index in [9.17, 15) is 9.90 Å². The van der Waals surface area contributed by atoms with Crippen LogP contribution >= 0.6 is 0 Å².